The zero-order chi connectivity index (χ0) is 11.8. The smallest absolute Gasteiger partial charge is 0.309 e. The van der Waals surface area contributed by atoms with Crippen molar-refractivity contribution in [2.75, 3.05) is 13.2 Å². The molecular formula is C12H20O4. The van der Waals surface area contributed by atoms with Crippen LogP contribution >= 0.6 is 0 Å². The van der Waals surface area contributed by atoms with Crippen molar-refractivity contribution < 1.29 is 19.4 Å². The molecule has 1 aliphatic rings. The molecule has 92 valence electrons. The van der Waals surface area contributed by atoms with Crippen molar-refractivity contribution in [1.82, 2.24) is 0 Å². The molecule has 4 heteroatoms. The molecule has 0 saturated heterocycles. The summed E-state index contributed by atoms with van der Waals surface area (Å²) in [6, 6.07) is 0. The zero-order valence-corrected chi connectivity index (χ0v) is 9.56. The molecule has 4 nitrogen and oxygen atoms in total. The molecule has 0 radical (unpaired) electrons. The minimum Gasteiger partial charge on any atom is -0.499 e. The van der Waals surface area contributed by atoms with Crippen LogP contribution in [0.25, 0.3) is 0 Å². The van der Waals surface area contributed by atoms with E-state index in [1.54, 1.807) is 0 Å². The van der Waals surface area contributed by atoms with Crippen LogP contribution in [0.3, 0.4) is 0 Å². The molecule has 0 amide bonds. The van der Waals surface area contributed by atoms with Gasteiger partial charge in [0.2, 0.25) is 0 Å². The number of rotatable bonds is 6. The third-order valence-corrected chi connectivity index (χ3v) is 2.76. The quantitative estimate of drug-likeness (QED) is 0.554. The van der Waals surface area contributed by atoms with Crippen LogP contribution in [-0.4, -0.2) is 30.4 Å². The van der Waals surface area contributed by atoms with Gasteiger partial charge in [-0.05, 0) is 12.8 Å². The second-order valence-corrected chi connectivity index (χ2v) is 4.12. The average molecular weight is 228 g/mol. The van der Waals surface area contributed by atoms with Gasteiger partial charge in [0.1, 0.15) is 19.3 Å². The van der Waals surface area contributed by atoms with E-state index >= 15 is 0 Å². The first-order chi connectivity index (χ1) is 7.74. The van der Waals surface area contributed by atoms with Gasteiger partial charge in [-0.2, -0.15) is 0 Å². The number of aliphatic hydroxyl groups excluding tert-OH is 1. The number of esters is 1. The highest BCUT2D eigenvalue weighted by Gasteiger charge is 2.23. The van der Waals surface area contributed by atoms with Gasteiger partial charge in [-0.25, -0.2) is 0 Å². The van der Waals surface area contributed by atoms with Crippen molar-refractivity contribution in [2.45, 2.75) is 38.2 Å². The Morgan fingerprint density at radius 1 is 1.38 bits per heavy atom. The Kier molecular flexibility index (Phi) is 5.93. The molecular weight excluding hydrogens is 208 g/mol. The molecule has 1 N–H and O–H groups in total. The SMILES string of the molecule is C=COCC(O)COC(=O)C1CCCCC1. The van der Waals surface area contributed by atoms with E-state index < -0.39 is 6.10 Å². The molecule has 1 aliphatic carbocycles. The Bertz CT molecular complexity index is 221. The molecule has 0 bridgehead atoms. The van der Waals surface area contributed by atoms with E-state index in [-0.39, 0.29) is 25.1 Å². The van der Waals surface area contributed by atoms with E-state index in [9.17, 15) is 9.90 Å². The monoisotopic (exact) mass is 228 g/mol. The highest BCUT2D eigenvalue weighted by atomic mass is 16.5. The summed E-state index contributed by atoms with van der Waals surface area (Å²) < 4.78 is 9.83. The maximum atomic E-state index is 11.6. The van der Waals surface area contributed by atoms with Crippen molar-refractivity contribution in [3.05, 3.63) is 12.8 Å². The second kappa shape index (κ2) is 7.28. The highest BCUT2D eigenvalue weighted by Crippen LogP contribution is 2.24. The van der Waals surface area contributed by atoms with Crippen LogP contribution < -0.4 is 0 Å². The van der Waals surface area contributed by atoms with E-state index in [0.29, 0.717) is 0 Å². The van der Waals surface area contributed by atoms with Gasteiger partial charge in [0, 0.05) is 0 Å². The Morgan fingerprint density at radius 3 is 2.69 bits per heavy atom. The Hall–Kier alpha value is -1.03. The lowest BCUT2D eigenvalue weighted by atomic mass is 9.89. The number of hydrogen-bond acceptors (Lipinski definition) is 4. The predicted octanol–water partition coefficient (Wildman–Crippen LogP) is 1.63. The molecule has 1 saturated carbocycles. The fourth-order valence-corrected chi connectivity index (χ4v) is 1.86. The van der Waals surface area contributed by atoms with Crippen molar-refractivity contribution in [3.8, 4) is 0 Å². The van der Waals surface area contributed by atoms with Crippen LogP contribution in [0, 0.1) is 5.92 Å². The van der Waals surface area contributed by atoms with Crippen molar-refractivity contribution in [1.29, 1.82) is 0 Å². The fourth-order valence-electron chi connectivity index (χ4n) is 1.86. The van der Waals surface area contributed by atoms with Crippen LogP contribution in [-0.2, 0) is 14.3 Å². The molecule has 1 rings (SSSR count). The van der Waals surface area contributed by atoms with Crippen LogP contribution in [0.15, 0.2) is 12.8 Å². The van der Waals surface area contributed by atoms with Crippen LogP contribution in [0.5, 0.6) is 0 Å². The fraction of sp³-hybridized carbons (Fsp3) is 0.750. The van der Waals surface area contributed by atoms with E-state index in [4.69, 9.17) is 9.47 Å². The van der Waals surface area contributed by atoms with Gasteiger partial charge in [-0.1, -0.05) is 25.8 Å². The number of hydrogen-bond donors (Lipinski definition) is 1. The Morgan fingerprint density at radius 2 is 2.06 bits per heavy atom. The summed E-state index contributed by atoms with van der Waals surface area (Å²) >= 11 is 0. The lowest BCUT2D eigenvalue weighted by Crippen LogP contribution is -2.27. The lowest BCUT2D eigenvalue weighted by Gasteiger charge is -2.20. The van der Waals surface area contributed by atoms with Gasteiger partial charge >= 0.3 is 5.97 Å². The van der Waals surface area contributed by atoms with Crippen molar-refractivity contribution in [2.24, 2.45) is 5.92 Å². The summed E-state index contributed by atoms with van der Waals surface area (Å²) in [6.45, 7) is 3.48. The summed E-state index contributed by atoms with van der Waals surface area (Å²) in [6.07, 6.45) is 5.72. The zero-order valence-electron chi connectivity index (χ0n) is 9.56. The average Bonchev–Trinajstić information content (AvgIpc) is 2.34. The van der Waals surface area contributed by atoms with E-state index in [1.165, 1.54) is 12.7 Å². The molecule has 1 unspecified atom stereocenters. The van der Waals surface area contributed by atoms with Crippen molar-refractivity contribution in [3.63, 3.8) is 0 Å². The first-order valence-electron chi connectivity index (χ1n) is 5.81. The highest BCUT2D eigenvalue weighted by molar-refractivity contribution is 5.72. The maximum Gasteiger partial charge on any atom is 0.309 e. The van der Waals surface area contributed by atoms with E-state index in [0.717, 1.165) is 25.7 Å². The van der Waals surface area contributed by atoms with Crippen LogP contribution in [0.2, 0.25) is 0 Å². The summed E-state index contributed by atoms with van der Waals surface area (Å²) in [4.78, 5) is 11.6. The van der Waals surface area contributed by atoms with Gasteiger partial charge in [0.15, 0.2) is 0 Å². The lowest BCUT2D eigenvalue weighted by molar-refractivity contribution is -0.153. The third-order valence-electron chi connectivity index (χ3n) is 2.76. The van der Waals surface area contributed by atoms with Crippen molar-refractivity contribution >= 4 is 5.97 Å². The largest absolute Gasteiger partial charge is 0.499 e. The molecule has 0 heterocycles. The van der Waals surface area contributed by atoms with Gasteiger partial charge in [-0.15, -0.1) is 0 Å². The van der Waals surface area contributed by atoms with Gasteiger partial charge in [0.05, 0.1) is 12.2 Å². The van der Waals surface area contributed by atoms with Crippen LogP contribution in [0.1, 0.15) is 32.1 Å². The molecule has 0 aromatic rings. The molecule has 1 fully saturated rings. The summed E-state index contributed by atoms with van der Waals surface area (Å²) in [5, 5.41) is 9.38. The molecule has 0 aromatic carbocycles. The number of carbonyl (C=O) groups excluding carboxylic acids is 1. The number of aliphatic hydroxyl groups is 1. The second-order valence-electron chi connectivity index (χ2n) is 4.12. The predicted molar refractivity (Wildman–Crippen MR) is 59.7 cm³/mol. The first kappa shape index (κ1) is 13.0. The molecule has 16 heavy (non-hydrogen) atoms. The molecule has 0 aromatic heterocycles. The van der Waals surface area contributed by atoms with E-state index in [1.807, 2.05) is 0 Å². The molecule has 1 atom stereocenters. The standard InChI is InChI=1S/C12H20O4/c1-2-15-8-11(13)9-16-12(14)10-6-4-3-5-7-10/h2,10-11,13H,1,3-9H2. The topological polar surface area (TPSA) is 55.8 Å². The maximum absolute atomic E-state index is 11.6. The Balaban J connectivity index is 2.15. The van der Waals surface area contributed by atoms with Gasteiger partial charge in [0.25, 0.3) is 0 Å². The summed E-state index contributed by atoms with van der Waals surface area (Å²) in [5.41, 5.74) is 0. The van der Waals surface area contributed by atoms with Crippen LogP contribution in [0.4, 0.5) is 0 Å². The third kappa shape index (κ3) is 4.66. The number of ether oxygens (including phenoxy) is 2. The van der Waals surface area contributed by atoms with Gasteiger partial charge < -0.3 is 14.6 Å². The molecule has 0 spiro atoms. The van der Waals surface area contributed by atoms with E-state index in [2.05, 4.69) is 6.58 Å². The number of carbonyl (C=O) groups is 1. The van der Waals surface area contributed by atoms with Gasteiger partial charge in [-0.3, -0.25) is 4.79 Å². The first-order valence-corrected chi connectivity index (χ1v) is 5.81. The molecule has 0 aliphatic heterocycles. The minimum atomic E-state index is -0.773. The summed E-state index contributed by atoms with van der Waals surface area (Å²) in [7, 11) is 0. The summed E-state index contributed by atoms with van der Waals surface area (Å²) in [5.74, 6) is -0.154. The Labute approximate surface area is 96.2 Å². The minimum absolute atomic E-state index is 0.00315. The normalized spacial score (nSPS) is 18.8.